The molecule has 1 aliphatic rings. The van der Waals surface area contributed by atoms with E-state index in [1.54, 1.807) is 24.3 Å². The predicted molar refractivity (Wildman–Crippen MR) is 55.6 cm³/mol. The number of benzene rings is 1. The second-order valence-electron chi connectivity index (χ2n) is 3.48. The van der Waals surface area contributed by atoms with Gasteiger partial charge in [0.25, 0.3) is 0 Å². The first kappa shape index (κ1) is 11.2. The van der Waals surface area contributed by atoms with E-state index in [1.807, 2.05) is 0 Å². The van der Waals surface area contributed by atoms with Crippen molar-refractivity contribution in [2.75, 3.05) is 13.2 Å². The summed E-state index contributed by atoms with van der Waals surface area (Å²) in [5, 5.41) is 41.1. The molecule has 0 fully saturated rings. The fraction of sp³-hybridized carbons (Fsp3) is 0.200. The van der Waals surface area contributed by atoms with Crippen LogP contribution < -0.4 is 10.1 Å². The van der Waals surface area contributed by atoms with Crippen molar-refractivity contribution < 1.29 is 20.3 Å². The zero-order valence-corrected chi connectivity index (χ0v) is 8.43. The average Bonchev–Trinajstić information content (AvgIpc) is 2.33. The van der Waals surface area contributed by atoms with E-state index in [1.165, 1.54) is 0 Å². The standard InChI is InChI=1S/C10H12N2O4/c13-5-9-10(6-14)12(16)8-4-2-1-3-7(8)11(9)15/h1-4,11-14H,5-6H2. The van der Waals surface area contributed by atoms with Crippen molar-refractivity contribution >= 4 is 11.4 Å². The van der Waals surface area contributed by atoms with Crippen LogP contribution in [0.4, 0.5) is 11.4 Å². The highest BCUT2D eigenvalue weighted by molar-refractivity contribution is 5.53. The van der Waals surface area contributed by atoms with Gasteiger partial charge in [-0.2, -0.15) is 0 Å². The molecular weight excluding hydrogens is 212 g/mol. The van der Waals surface area contributed by atoms with E-state index in [0.717, 1.165) is 0 Å². The topological polar surface area (TPSA) is 95.5 Å². The maximum absolute atomic E-state index is 11.9. The number of hydrogen-bond donors (Lipinski definition) is 4. The average molecular weight is 224 g/mol. The van der Waals surface area contributed by atoms with Gasteiger partial charge in [0.2, 0.25) is 0 Å². The maximum Gasteiger partial charge on any atom is 0.198 e. The second-order valence-corrected chi connectivity index (χ2v) is 3.48. The van der Waals surface area contributed by atoms with Crippen molar-refractivity contribution in [1.29, 1.82) is 0 Å². The Hall–Kier alpha value is -1.28. The maximum atomic E-state index is 11.9. The molecule has 1 aromatic rings. The molecule has 0 saturated heterocycles. The minimum absolute atomic E-state index is 0.00815. The van der Waals surface area contributed by atoms with Gasteiger partial charge in [0, 0.05) is 12.1 Å². The van der Waals surface area contributed by atoms with Crippen molar-refractivity contribution in [3.8, 4) is 0 Å². The molecule has 0 bridgehead atoms. The lowest BCUT2D eigenvalue weighted by atomic mass is 10.1. The molecule has 2 atom stereocenters. The lowest BCUT2D eigenvalue weighted by molar-refractivity contribution is -0.803. The number of rotatable bonds is 2. The predicted octanol–water partition coefficient (Wildman–Crippen LogP) is -2.08. The van der Waals surface area contributed by atoms with Gasteiger partial charge in [-0.15, -0.1) is 0 Å². The van der Waals surface area contributed by atoms with Crippen LogP contribution >= 0.6 is 0 Å². The highest BCUT2D eigenvalue weighted by atomic mass is 16.5. The third kappa shape index (κ3) is 1.54. The smallest absolute Gasteiger partial charge is 0.198 e. The van der Waals surface area contributed by atoms with Gasteiger partial charge in [-0.1, -0.05) is 12.1 Å². The highest BCUT2D eigenvalue weighted by Crippen LogP contribution is 2.17. The Morgan fingerprint density at radius 1 is 0.875 bits per heavy atom. The van der Waals surface area contributed by atoms with E-state index in [4.69, 9.17) is 10.2 Å². The molecule has 2 unspecified atom stereocenters. The summed E-state index contributed by atoms with van der Waals surface area (Å²) in [5.74, 6) is 0. The van der Waals surface area contributed by atoms with E-state index in [0.29, 0.717) is 0 Å². The van der Waals surface area contributed by atoms with E-state index >= 15 is 0 Å². The first-order valence-corrected chi connectivity index (χ1v) is 4.83. The number of aliphatic hydroxyl groups excluding tert-OH is 2. The minimum atomic E-state index is -0.533. The summed E-state index contributed by atoms with van der Waals surface area (Å²) in [7, 11) is 0. The van der Waals surface area contributed by atoms with Crippen LogP contribution in [0.5, 0.6) is 0 Å². The Labute approximate surface area is 91.8 Å². The van der Waals surface area contributed by atoms with Gasteiger partial charge >= 0.3 is 0 Å². The summed E-state index contributed by atoms with van der Waals surface area (Å²) in [5.41, 5.74) is 0.555. The van der Waals surface area contributed by atoms with E-state index < -0.39 is 13.2 Å². The molecule has 0 saturated carbocycles. The Kier molecular flexibility index (Phi) is 3.01. The fourth-order valence-corrected chi connectivity index (χ4v) is 1.81. The molecule has 6 heteroatoms. The Morgan fingerprint density at radius 2 is 1.25 bits per heavy atom. The molecule has 0 radical (unpaired) electrons. The summed E-state index contributed by atoms with van der Waals surface area (Å²) >= 11 is 0. The summed E-state index contributed by atoms with van der Waals surface area (Å²) in [6.45, 7) is -1.07. The largest absolute Gasteiger partial charge is 0.623 e. The van der Waals surface area contributed by atoms with Gasteiger partial charge < -0.3 is 20.6 Å². The van der Waals surface area contributed by atoms with Crippen LogP contribution in [0.25, 0.3) is 0 Å². The molecule has 1 aliphatic heterocycles. The minimum Gasteiger partial charge on any atom is -0.623 e. The van der Waals surface area contributed by atoms with Crippen LogP contribution in [0.1, 0.15) is 0 Å². The van der Waals surface area contributed by atoms with Crippen LogP contribution in [0.3, 0.4) is 0 Å². The molecule has 1 heterocycles. The molecule has 16 heavy (non-hydrogen) atoms. The van der Waals surface area contributed by atoms with Gasteiger partial charge in [-0.25, -0.2) is 0 Å². The lowest BCUT2D eigenvalue weighted by Crippen LogP contribution is -3.12. The molecule has 1 aromatic carbocycles. The fourth-order valence-electron chi connectivity index (χ4n) is 1.81. The molecule has 0 amide bonds. The molecule has 2 rings (SSSR count). The van der Waals surface area contributed by atoms with Crippen molar-refractivity contribution in [2.24, 2.45) is 0 Å². The number of aliphatic hydroxyl groups is 2. The third-order valence-corrected chi connectivity index (χ3v) is 2.64. The van der Waals surface area contributed by atoms with Gasteiger partial charge in [0.1, 0.15) is 13.2 Å². The van der Waals surface area contributed by atoms with Gasteiger partial charge in [-0.05, 0) is 0 Å². The molecule has 86 valence electrons. The normalized spacial score (nSPS) is 24.5. The first-order valence-electron chi connectivity index (χ1n) is 4.83. The molecule has 4 N–H and O–H groups in total. The second kappa shape index (κ2) is 4.30. The Morgan fingerprint density at radius 3 is 1.56 bits per heavy atom. The zero-order chi connectivity index (χ0) is 11.7. The van der Waals surface area contributed by atoms with Crippen LogP contribution in [0.15, 0.2) is 35.7 Å². The van der Waals surface area contributed by atoms with E-state index in [9.17, 15) is 10.4 Å². The number of fused-ring (bicyclic) bond motifs is 1. The van der Waals surface area contributed by atoms with E-state index in [2.05, 4.69) is 0 Å². The first-order chi connectivity index (χ1) is 7.70. The van der Waals surface area contributed by atoms with Crippen molar-refractivity contribution in [3.05, 3.63) is 46.1 Å². The number of quaternary nitrogens is 2. The van der Waals surface area contributed by atoms with Crippen molar-refractivity contribution in [1.82, 2.24) is 0 Å². The molecule has 0 aromatic heterocycles. The molecule has 0 spiro atoms. The highest BCUT2D eigenvalue weighted by Gasteiger charge is 2.31. The monoisotopic (exact) mass is 224 g/mol. The van der Waals surface area contributed by atoms with Crippen LogP contribution in [0, 0.1) is 10.4 Å². The van der Waals surface area contributed by atoms with Crippen molar-refractivity contribution in [2.45, 2.75) is 0 Å². The SMILES string of the molecule is [O-][NH+]1C(CO)=C(CO)[NH+]([O-])c2ccccc21. The van der Waals surface area contributed by atoms with Crippen LogP contribution in [-0.4, -0.2) is 23.4 Å². The summed E-state index contributed by atoms with van der Waals surface area (Å²) in [6.07, 6.45) is 0. The Balaban J connectivity index is 2.57. The van der Waals surface area contributed by atoms with Gasteiger partial charge in [0.05, 0.1) is 0 Å². The molecular formula is C10H12N2O4. The number of hydroxylamine groups is 2. The summed E-state index contributed by atoms with van der Waals surface area (Å²) in [4.78, 5) is 0. The van der Waals surface area contributed by atoms with E-state index in [-0.39, 0.29) is 32.9 Å². The quantitative estimate of drug-likeness (QED) is 0.434. The molecule has 0 aliphatic carbocycles. The number of nitrogens with one attached hydrogen (secondary N) is 2. The van der Waals surface area contributed by atoms with Crippen molar-refractivity contribution in [3.63, 3.8) is 0 Å². The van der Waals surface area contributed by atoms with Gasteiger partial charge in [-0.3, -0.25) is 10.1 Å². The van der Waals surface area contributed by atoms with Crippen LogP contribution in [0.2, 0.25) is 0 Å². The lowest BCUT2D eigenvalue weighted by Gasteiger charge is -2.35. The van der Waals surface area contributed by atoms with Gasteiger partial charge in [0.15, 0.2) is 22.8 Å². The summed E-state index contributed by atoms with van der Waals surface area (Å²) in [6, 6.07) is 6.39. The number of para-hydroxylation sites is 2. The summed E-state index contributed by atoms with van der Waals surface area (Å²) < 4.78 is 0. The third-order valence-electron chi connectivity index (χ3n) is 2.64. The molecule has 6 nitrogen and oxygen atoms in total. The zero-order valence-electron chi connectivity index (χ0n) is 8.43. The number of hydrogen-bond acceptors (Lipinski definition) is 4. The van der Waals surface area contributed by atoms with Crippen LogP contribution in [-0.2, 0) is 0 Å². The Bertz CT molecular complexity index is 394.